The maximum atomic E-state index is 8.12. The Bertz CT molecular complexity index is 617. The van der Waals surface area contributed by atoms with Gasteiger partial charge in [-0.25, -0.2) is 0 Å². The number of aromatic nitrogens is 1. The van der Waals surface area contributed by atoms with E-state index in [2.05, 4.69) is 4.98 Å². The summed E-state index contributed by atoms with van der Waals surface area (Å²) in [6, 6.07) is 3.14. The van der Waals surface area contributed by atoms with E-state index in [0.717, 1.165) is 0 Å². The molecule has 96 valence electrons. The summed E-state index contributed by atoms with van der Waals surface area (Å²) in [5, 5.41) is 0. The van der Waals surface area contributed by atoms with Crippen molar-refractivity contribution in [2.24, 2.45) is 0 Å². The predicted molar refractivity (Wildman–Crippen MR) is 71.9 cm³/mol. The van der Waals surface area contributed by atoms with Gasteiger partial charge in [-0.3, -0.25) is 4.98 Å². The second-order valence-corrected chi connectivity index (χ2v) is 5.69. The fourth-order valence-electron chi connectivity index (χ4n) is 1.83. The van der Waals surface area contributed by atoms with E-state index in [1.165, 1.54) is 12.3 Å². The number of pyridine rings is 1. The van der Waals surface area contributed by atoms with Gasteiger partial charge in [0, 0.05) is 30.1 Å². The molecule has 3 rings (SSSR count). The maximum absolute atomic E-state index is 8.12. The zero-order valence-corrected chi connectivity index (χ0v) is 11.1. The van der Waals surface area contributed by atoms with E-state index in [0.29, 0.717) is 5.46 Å². The van der Waals surface area contributed by atoms with Crippen molar-refractivity contribution in [2.45, 2.75) is 57.5 Å². The summed E-state index contributed by atoms with van der Waals surface area (Å²) >= 11 is 0. The molecule has 0 unspecified atom stereocenters. The molecular formula is C14H20BNO2. The summed E-state index contributed by atoms with van der Waals surface area (Å²) in [5.74, 6) is -1.98. The molecule has 1 aromatic rings. The second-order valence-electron chi connectivity index (χ2n) is 5.69. The van der Waals surface area contributed by atoms with Crippen molar-refractivity contribution < 1.29 is 16.2 Å². The van der Waals surface area contributed by atoms with Crippen LogP contribution in [0.1, 0.15) is 58.9 Å². The highest BCUT2D eigenvalue weighted by Gasteiger charge is 2.51. The first-order valence-corrected chi connectivity index (χ1v) is 6.10. The molecule has 0 spiro atoms. The van der Waals surface area contributed by atoms with Gasteiger partial charge in [0.05, 0.1) is 11.2 Å². The van der Waals surface area contributed by atoms with Crippen LogP contribution >= 0.6 is 0 Å². The number of nitrogens with zero attached hydrogens (tertiary/aromatic N) is 1. The SMILES string of the molecule is [2H]C1([2H])C([2H])([2H])C1([2H])c1ccc(B2OC(C)(C)C(C)(C)O2)cn1. The minimum absolute atomic E-state index is 0.0766. The summed E-state index contributed by atoms with van der Waals surface area (Å²) in [4.78, 5) is 4.12. The second kappa shape index (κ2) is 3.81. The lowest BCUT2D eigenvalue weighted by atomic mass is 9.80. The van der Waals surface area contributed by atoms with E-state index in [1.807, 2.05) is 27.7 Å². The standard InChI is InChI=1S/C14H20BNO2/c1-13(2)14(3,4)18-15(17-13)11-7-8-12(16-9-11)10-5-6-10/h7-10H,5-6H2,1-4H3/i5D2,6D2,10D. The summed E-state index contributed by atoms with van der Waals surface area (Å²) in [6.07, 6.45) is -3.03. The zero-order chi connectivity index (χ0) is 17.5. The van der Waals surface area contributed by atoms with Gasteiger partial charge in [0.15, 0.2) is 0 Å². The lowest BCUT2D eigenvalue weighted by Gasteiger charge is -2.32. The molecule has 1 saturated heterocycles. The molecule has 0 amide bonds. The third-order valence-electron chi connectivity index (χ3n) is 3.82. The Morgan fingerprint density at radius 2 is 1.89 bits per heavy atom. The molecule has 1 saturated carbocycles. The third-order valence-corrected chi connectivity index (χ3v) is 3.82. The quantitative estimate of drug-likeness (QED) is 0.754. The van der Waals surface area contributed by atoms with Crippen LogP contribution in [0.4, 0.5) is 0 Å². The van der Waals surface area contributed by atoms with Crippen molar-refractivity contribution >= 4 is 12.6 Å². The molecule has 0 aromatic carbocycles. The van der Waals surface area contributed by atoms with E-state index >= 15 is 0 Å². The van der Waals surface area contributed by atoms with Crippen LogP contribution in [0.3, 0.4) is 0 Å². The monoisotopic (exact) mass is 250 g/mol. The molecule has 4 heteroatoms. The van der Waals surface area contributed by atoms with Gasteiger partial charge in [-0.1, -0.05) is 6.07 Å². The van der Waals surface area contributed by atoms with Crippen LogP contribution in [0.15, 0.2) is 18.3 Å². The number of rotatable bonds is 2. The average Bonchev–Trinajstić information content (AvgIpc) is 2.63. The molecule has 0 bridgehead atoms. The first-order valence-electron chi connectivity index (χ1n) is 8.60. The van der Waals surface area contributed by atoms with E-state index < -0.39 is 37.0 Å². The van der Waals surface area contributed by atoms with Crippen LogP contribution in [0.25, 0.3) is 0 Å². The summed E-state index contributed by atoms with van der Waals surface area (Å²) in [5.41, 5.74) is -0.206. The molecule has 3 nitrogen and oxygen atoms in total. The predicted octanol–water partition coefficient (Wildman–Crippen LogP) is 2.26. The Labute approximate surface area is 116 Å². The van der Waals surface area contributed by atoms with Gasteiger partial charge >= 0.3 is 7.12 Å². The van der Waals surface area contributed by atoms with Crippen LogP contribution in [-0.2, 0) is 9.31 Å². The van der Waals surface area contributed by atoms with Crippen LogP contribution in [-0.4, -0.2) is 23.3 Å². The molecule has 2 heterocycles. The normalized spacial score (nSPS) is 36.9. The molecule has 2 fully saturated rings. The summed E-state index contributed by atoms with van der Waals surface area (Å²) in [7, 11) is -0.587. The van der Waals surface area contributed by atoms with Crippen molar-refractivity contribution in [2.75, 3.05) is 0 Å². The Balaban J connectivity index is 1.86. The highest BCUT2D eigenvalue weighted by Crippen LogP contribution is 2.39. The number of hydrogen-bond donors (Lipinski definition) is 0. The molecule has 0 atom stereocenters. The van der Waals surface area contributed by atoms with Crippen molar-refractivity contribution in [3.63, 3.8) is 0 Å². The molecular weight excluding hydrogens is 225 g/mol. The lowest BCUT2D eigenvalue weighted by molar-refractivity contribution is 0.00578. The molecule has 0 radical (unpaired) electrons. The average molecular weight is 250 g/mol. The zero-order valence-electron chi connectivity index (χ0n) is 16.1. The van der Waals surface area contributed by atoms with E-state index in [9.17, 15) is 0 Å². The van der Waals surface area contributed by atoms with E-state index in [4.69, 9.17) is 16.2 Å². The van der Waals surface area contributed by atoms with Crippen molar-refractivity contribution in [1.29, 1.82) is 0 Å². The highest BCUT2D eigenvalue weighted by atomic mass is 16.7. The Kier molecular flexibility index (Phi) is 1.62. The van der Waals surface area contributed by atoms with Crippen molar-refractivity contribution in [1.82, 2.24) is 4.98 Å². The summed E-state index contributed by atoms with van der Waals surface area (Å²) in [6.45, 7) is 7.78. The Morgan fingerprint density at radius 3 is 2.33 bits per heavy atom. The van der Waals surface area contributed by atoms with Crippen molar-refractivity contribution in [3.8, 4) is 0 Å². The van der Waals surface area contributed by atoms with Gasteiger partial charge in [0.2, 0.25) is 0 Å². The molecule has 1 aliphatic carbocycles. The van der Waals surface area contributed by atoms with Crippen LogP contribution < -0.4 is 5.46 Å². The molecule has 18 heavy (non-hydrogen) atoms. The van der Waals surface area contributed by atoms with Gasteiger partial charge in [-0.05, 0) is 46.5 Å². The molecule has 1 aromatic heterocycles. The van der Waals surface area contributed by atoms with Gasteiger partial charge in [0.25, 0.3) is 0 Å². The van der Waals surface area contributed by atoms with E-state index in [1.54, 1.807) is 6.07 Å². The third kappa shape index (κ3) is 1.97. The summed E-state index contributed by atoms with van der Waals surface area (Å²) < 4.78 is 50.7. The number of hydrogen-bond acceptors (Lipinski definition) is 3. The van der Waals surface area contributed by atoms with Crippen LogP contribution in [0.2, 0.25) is 0 Å². The van der Waals surface area contributed by atoms with Gasteiger partial charge in [-0.2, -0.15) is 0 Å². The molecule has 2 aliphatic rings. The van der Waals surface area contributed by atoms with Crippen LogP contribution in [0.5, 0.6) is 0 Å². The van der Waals surface area contributed by atoms with E-state index in [-0.39, 0.29) is 5.69 Å². The fraction of sp³-hybridized carbons (Fsp3) is 0.643. The van der Waals surface area contributed by atoms with Gasteiger partial charge in [-0.15, -0.1) is 0 Å². The minimum atomic E-state index is -2.25. The highest BCUT2D eigenvalue weighted by molar-refractivity contribution is 6.62. The first-order chi connectivity index (χ1) is 10.3. The smallest absolute Gasteiger partial charge is 0.399 e. The largest absolute Gasteiger partial charge is 0.496 e. The van der Waals surface area contributed by atoms with Crippen LogP contribution in [0, 0.1) is 0 Å². The maximum Gasteiger partial charge on any atom is 0.496 e. The first kappa shape index (κ1) is 7.66. The van der Waals surface area contributed by atoms with Crippen molar-refractivity contribution in [3.05, 3.63) is 24.0 Å². The van der Waals surface area contributed by atoms with Gasteiger partial charge in [0.1, 0.15) is 0 Å². The van der Waals surface area contributed by atoms with Gasteiger partial charge < -0.3 is 9.31 Å². The molecule has 0 N–H and O–H groups in total. The molecule has 1 aliphatic heterocycles. The lowest BCUT2D eigenvalue weighted by Crippen LogP contribution is -2.41. The Morgan fingerprint density at radius 1 is 1.28 bits per heavy atom. The topological polar surface area (TPSA) is 31.4 Å². The fourth-order valence-corrected chi connectivity index (χ4v) is 1.83. The Hall–Kier alpha value is -0.865. The minimum Gasteiger partial charge on any atom is -0.399 e.